The van der Waals surface area contributed by atoms with Crippen molar-refractivity contribution in [1.29, 1.82) is 0 Å². The van der Waals surface area contributed by atoms with Crippen LogP contribution in [0.5, 0.6) is 5.75 Å². The van der Waals surface area contributed by atoms with Gasteiger partial charge in [-0.2, -0.15) is 8.78 Å². The van der Waals surface area contributed by atoms with Gasteiger partial charge in [0.1, 0.15) is 0 Å². The molecular formula is C6H3BF5NaO3. The van der Waals surface area contributed by atoms with Gasteiger partial charge >= 0.3 is 36.9 Å². The van der Waals surface area contributed by atoms with Crippen molar-refractivity contribution in [1.82, 2.24) is 0 Å². The van der Waals surface area contributed by atoms with Crippen molar-refractivity contribution < 1.29 is 67.6 Å². The zero-order valence-corrected chi connectivity index (χ0v) is 9.77. The normalized spacial score (nSPS) is 9.69. The van der Waals surface area contributed by atoms with Crippen LogP contribution in [0.1, 0.15) is 1.43 Å². The summed E-state index contributed by atoms with van der Waals surface area (Å²) in [6.07, 6.45) is 0. The van der Waals surface area contributed by atoms with Crippen molar-refractivity contribution in [2.75, 3.05) is 0 Å². The first-order valence-electron chi connectivity index (χ1n) is 3.40. The summed E-state index contributed by atoms with van der Waals surface area (Å²) in [6.45, 7) is 0. The van der Waals surface area contributed by atoms with E-state index in [1.807, 2.05) is 0 Å². The summed E-state index contributed by atoms with van der Waals surface area (Å²) in [5.41, 5.74) is 0. The molecule has 0 saturated heterocycles. The Morgan fingerprint density at radius 2 is 1.12 bits per heavy atom. The van der Waals surface area contributed by atoms with E-state index in [4.69, 9.17) is 10.0 Å². The second kappa shape index (κ2) is 5.83. The van der Waals surface area contributed by atoms with E-state index in [9.17, 15) is 22.0 Å². The van der Waals surface area contributed by atoms with Crippen molar-refractivity contribution in [2.24, 2.45) is 0 Å². The van der Waals surface area contributed by atoms with Crippen LogP contribution in [0, 0.1) is 29.1 Å². The zero-order chi connectivity index (χ0) is 11.7. The predicted octanol–water partition coefficient (Wildman–Crippen LogP) is -2.15. The van der Waals surface area contributed by atoms with Gasteiger partial charge in [0.15, 0.2) is 5.75 Å². The van der Waals surface area contributed by atoms with Crippen molar-refractivity contribution in [3.63, 3.8) is 0 Å². The molecule has 0 radical (unpaired) electrons. The molecule has 0 saturated carbocycles. The number of rotatable bonds is 2. The Morgan fingerprint density at radius 3 is 1.44 bits per heavy atom. The van der Waals surface area contributed by atoms with Crippen LogP contribution in [-0.2, 0) is 0 Å². The molecule has 1 aromatic carbocycles. The third kappa shape index (κ3) is 2.86. The minimum Gasteiger partial charge on any atom is -1.00 e. The zero-order valence-electron chi connectivity index (χ0n) is 8.77. The monoisotopic (exact) mass is 252 g/mol. The first-order chi connectivity index (χ1) is 6.86. The molecule has 10 heteroatoms. The largest absolute Gasteiger partial charge is 1.00 e. The fourth-order valence-electron chi connectivity index (χ4n) is 0.794. The third-order valence-corrected chi connectivity index (χ3v) is 1.39. The third-order valence-electron chi connectivity index (χ3n) is 1.39. The Morgan fingerprint density at radius 1 is 0.812 bits per heavy atom. The standard InChI is InChI=1S/C6H2BF5O3.Na.H/c8-1-2(9)4(11)6(15-7(13)14)5(12)3(1)10;;/h13-14H;;/q;+1;-1. The van der Waals surface area contributed by atoms with Gasteiger partial charge < -0.3 is 16.1 Å². The van der Waals surface area contributed by atoms with E-state index in [1.165, 1.54) is 0 Å². The fourth-order valence-corrected chi connectivity index (χ4v) is 0.794. The van der Waals surface area contributed by atoms with E-state index in [2.05, 4.69) is 4.65 Å². The van der Waals surface area contributed by atoms with Gasteiger partial charge in [-0.3, -0.25) is 0 Å². The van der Waals surface area contributed by atoms with E-state index >= 15 is 0 Å². The summed E-state index contributed by atoms with van der Waals surface area (Å²) in [5.74, 6) is -13.1. The fraction of sp³-hybridized carbons (Fsp3) is 0. The topological polar surface area (TPSA) is 49.7 Å². The summed E-state index contributed by atoms with van der Waals surface area (Å²) >= 11 is 0. The van der Waals surface area contributed by atoms with Gasteiger partial charge in [0.25, 0.3) is 0 Å². The Kier molecular flexibility index (Phi) is 5.70. The molecule has 1 aromatic rings. The van der Waals surface area contributed by atoms with Gasteiger partial charge in [-0.25, -0.2) is 13.2 Å². The van der Waals surface area contributed by atoms with Crippen LogP contribution in [0.15, 0.2) is 0 Å². The summed E-state index contributed by atoms with van der Waals surface area (Å²) < 4.78 is 66.3. The van der Waals surface area contributed by atoms with Crippen LogP contribution < -0.4 is 34.2 Å². The molecule has 0 fully saturated rings. The van der Waals surface area contributed by atoms with Crippen molar-refractivity contribution >= 4 is 7.32 Å². The molecular weight excluding hydrogens is 249 g/mol. The van der Waals surface area contributed by atoms with E-state index in [-0.39, 0.29) is 31.0 Å². The van der Waals surface area contributed by atoms with Crippen LogP contribution in [0.2, 0.25) is 0 Å². The van der Waals surface area contributed by atoms with Gasteiger partial charge in [-0.15, -0.1) is 0 Å². The van der Waals surface area contributed by atoms with E-state index in [1.54, 1.807) is 0 Å². The second-order valence-electron chi connectivity index (χ2n) is 2.34. The Labute approximate surface area is 110 Å². The van der Waals surface area contributed by atoms with Crippen molar-refractivity contribution in [2.45, 2.75) is 0 Å². The maximum Gasteiger partial charge on any atom is 1.00 e. The summed E-state index contributed by atoms with van der Waals surface area (Å²) in [5, 5.41) is 16.3. The number of halogens is 5. The molecule has 0 spiro atoms. The number of hydrogen-bond acceptors (Lipinski definition) is 3. The predicted molar refractivity (Wildman–Crippen MR) is 38.2 cm³/mol. The SMILES string of the molecule is OB(O)Oc1c(F)c(F)c(F)c(F)c1F.[H-].[Na+]. The van der Waals surface area contributed by atoms with Crippen LogP contribution in [0.4, 0.5) is 22.0 Å². The first-order valence-corrected chi connectivity index (χ1v) is 3.40. The van der Waals surface area contributed by atoms with Crippen molar-refractivity contribution in [3.05, 3.63) is 29.1 Å². The Balaban J connectivity index is 0. The van der Waals surface area contributed by atoms with Crippen LogP contribution in [0.25, 0.3) is 0 Å². The maximum absolute atomic E-state index is 12.7. The maximum atomic E-state index is 12.7. The Hall–Kier alpha value is -0.345. The van der Waals surface area contributed by atoms with Crippen LogP contribution in [0.3, 0.4) is 0 Å². The molecule has 0 heterocycles. The molecule has 0 aliphatic carbocycles. The van der Waals surface area contributed by atoms with Gasteiger partial charge in [-0.1, -0.05) is 0 Å². The molecule has 0 aliphatic heterocycles. The molecule has 84 valence electrons. The average molecular weight is 252 g/mol. The van der Waals surface area contributed by atoms with Gasteiger partial charge in [0.05, 0.1) is 0 Å². The van der Waals surface area contributed by atoms with Gasteiger partial charge in [0.2, 0.25) is 29.1 Å². The van der Waals surface area contributed by atoms with E-state index in [0.717, 1.165) is 0 Å². The molecule has 0 amide bonds. The summed E-state index contributed by atoms with van der Waals surface area (Å²) in [6, 6.07) is 0. The second-order valence-corrected chi connectivity index (χ2v) is 2.34. The molecule has 0 unspecified atom stereocenters. The Bertz CT molecular complexity index is 379. The molecule has 3 nitrogen and oxygen atoms in total. The number of hydrogen-bond donors (Lipinski definition) is 2. The summed E-state index contributed by atoms with van der Waals surface area (Å²) in [4.78, 5) is 0. The molecule has 0 aromatic heterocycles. The molecule has 0 aliphatic rings. The van der Waals surface area contributed by atoms with Crippen molar-refractivity contribution in [3.8, 4) is 5.75 Å². The first kappa shape index (κ1) is 15.7. The number of benzene rings is 1. The van der Waals surface area contributed by atoms with Gasteiger partial charge in [0, 0.05) is 0 Å². The molecule has 0 bridgehead atoms. The molecule has 16 heavy (non-hydrogen) atoms. The van der Waals surface area contributed by atoms with Crippen LogP contribution >= 0.6 is 0 Å². The summed E-state index contributed by atoms with van der Waals surface area (Å²) in [7, 11) is -2.70. The minimum atomic E-state index is -2.70. The smallest absolute Gasteiger partial charge is 1.00 e. The average Bonchev–Trinajstić information content (AvgIpc) is 2.18. The van der Waals surface area contributed by atoms with Crippen LogP contribution in [-0.4, -0.2) is 17.4 Å². The molecule has 0 atom stereocenters. The minimum absolute atomic E-state index is 0. The van der Waals surface area contributed by atoms with E-state index in [0.29, 0.717) is 0 Å². The van der Waals surface area contributed by atoms with Gasteiger partial charge in [-0.05, 0) is 0 Å². The quantitative estimate of drug-likeness (QED) is 0.273. The molecule has 1 rings (SSSR count). The van der Waals surface area contributed by atoms with E-state index < -0.39 is 42.2 Å². The molecule has 2 N–H and O–H groups in total.